The first kappa shape index (κ1) is 11.4. The minimum Gasteiger partial charge on any atom is -0.479 e. The summed E-state index contributed by atoms with van der Waals surface area (Å²) in [7, 11) is 0. The molecule has 0 heterocycles. The number of carbonyl (C=O) groups is 1. The van der Waals surface area contributed by atoms with Crippen LogP contribution >= 0.6 is 0 Å². The van der Waals surface area contributed by atoms with Gasteiger partial charge in [0, 0.05) is 0 Å². The molecule has 0 saturated heterocycles. The number of carboxylic acid groups (broad SMARTS) is 1. The van der Waals surface area contributed by atoms with Gasteiger partial charge in [-0.15, -0.1) is 0 Å². The highest BCUT2D eigenvalue weighted by Gasteiger charge is 2.41. The lowest BCUT2D eigenvalue weighted by Crippen LogP contribution is -2.46. The quantitative estimate of drug-likeness (QED) is 0.679. The molecule has 0 aromatic heterocycles. The molecule has 0 aromatic carbocycles. The minimum absolute atomic E-state index is 0.172. The molecule has 72 valence electrons. The zero-order valence-electron chi connectivity index (χ0n) is 8.16. The molecule has 0 bridgehead atoms. The average molecular weight is 174 g/mol. The van der Waals surface area contributed by atoms with E-state index in [2.05, 4.69) is 0 Å². The monoisotopic (exact) mass is 174 g/mol. The lowest BCUT2D eigenvalue weighted by molar-refractivity contribution is -0.166. The van der Waals surface area contributed by atoms with Crippen LogP contribution in [0.3, 0.4) is 0 Å². The standard InChI is InChI=1S/C9H18O3/c1-5-9(12,8(10)11)7(4)6(2)3/h6-7,12H,5H2,1-4H3,(H,10,11). The van der Waals surface area contributed by atoms with Gasteiger partial charge >= 0.3 is 5.97 Å². The number of hydrogen-bond donors (Lipinski definition) is 2. The molecule has 3 heteroatoms. The largest absolute Gasteiger partial charge is 0.479 e. The highest BCUT2D eigenvalue weighted by Crippen LogP contribution is 2.27. The van der Waals surface area contributed by atoms with Crippen LogP contribution in [0, 0.1) is 11.8 Å². The van der Waals surface area contributed by atoms with Crippen molar-refractivity contribution in [1.29, 1.82) is 0 Å². The van der Waals surface area contributed by atoms with Crippen molar-refractivity contribution in [2.75, 3.05) is 0 Å². The van der Waals surface area contributed by atoms with Gasteiger partial charge in [0.15, 0.2) is 5.60 Å². The van der Waals surface area contributed by atoms with E-state index in [-0.39, 0.29) is 18.3 Å². The Bertz CT molecular complexity index is 165. The molecule has 2 N–H and O–H groups in total. The van der Waals surface area contributed by atoms with Crippen molar-refractivity contribution >= 4 is 5.97 Å². The fourth-order valence-corrected chi connectivity index (χ4v) is 1.22. The third kappa shape index (κ3) is 1.97. The fraction of sp³-hybridized carbons (Fsp3) is 0.889. The molecule has 0 rings (SSSR count). The van der Waals surface area contributed by atoms with Crippen LogP contribution in [-0.4, -0.2) is 21.8 Å². The van der Waals surface area contributed by atoms with E-state index in [9.17, 15) is 9.90 Å². The summed E-state index contributed by atoms with van der Waals surface area (Å²) in [5.74, 6) is -1.17. The highest BCUT2D eigenvalue weighted by molar-refractivity contribution is 5.77. The van der Waals surface area contributed by atoms with Gasteiger partial charge in [-0.2, -0.15) is 0 Å². The van der Waals surface area contributed by atoms with Crippen molar-refractivity contribution in [2.45, 2.75) is 39.7 Å². The summed E-state index contributed by atoms with van der Waals surface area (Å²) in [5.41, 5.74) is -1.56. The fourth-order valence-electron chi connectivity index (χ4n) is 1.22. The molecular formula is C9H18O3. The summed E-state index contributed by atoms with van der Waals surface area (Å²) < 4.78 is 0. The summed E-state index contributed by atoms with van der Waals surface area (Å²) in [5, 5.41) is 18.5. The van der Waals surface area contributed by atoms with Crippen molar-refractivity contribution in [3.05, 3.63) is 0 Å². The molecule has 0 radical (unpaired) electrons. The molecule has 2 unspecified atom stereocenters. The SMILES string of the molecule is CCC(O)(C(=O)O)C(C)C(C)C. The lowest BCUT2D eigenvalue weighted by atomic mass is 9.79. The molecular weight excluding hydrogens is 156 g/mol. The van der Waals surface area contributed by atoms with E-state index in [1.807, 2.05) is 13.8 Å². The van der Waals surface area contributed by atoms with Gasteiger partial charge in [0.05, 0.1) is 0 Å². The maximum atomic E-state index is 10.7. The topological polar surface area (TPSA) is 57.5 Å². The zero-order valence-corrected chi connectivity index (χ0v) is 8.16. The maximum absolute atomic E-state index is 10.7. The molecule has 0 aliphatic heterocycles. The van der Waals surface area contributed by atoms with E-state index in [0.717, 1.165) is 0 Å². The lowest BCUT2D eigenvalue weighted by Gasteiger charge is -2.31. The van der Waals surface area contributed by atoms with Gasteiger partial charge < -0.3 is 10.2 Å². The van der Waals surface area contributed by atoms with Gasteiger partial charge in [0.25, 0.3) is 0 Å². The third-order valence-electron chi connectivity index (χ3n) is 2.66. The Balaban J connectivity index is 4.63. The van der Waals surface area contributed by atoms with E-state index in [1.54, 1.807) is 13.8 Å². The van der Waals surface area contributed by atoms with Crippen molar-refractivity contribution < 1.29 is 15.0 Å². The van der Waals surface area contributed by atoms with Gasteiger partial charge in [-0.1, -0.05) is 27.7 Å². The van der Waals surface area contributed by atoms with Gasteiger partial charge in [0.1, 0.15) is 0 Å². The second-order valence-corrected chi connectivity index (χ2v) is 3.62. The first-order valence-corrected chi connectivity index (χ1v) is 4.32. The summed E-state index contributed by atoms with van der Waals surface area (Å²) in [6.07, 6.45) is 0.252. The molecule has 0 aliphatic rings. The normalized spacial score (nSPS) is 18.8. The Morgan fingerprint density at radius 1 is 1.42 bits per heavy atom. The van der Waals surface area contributed by atoms with E-state index < -0.39 is 11.6 Å². The molecule has 0 fully saturated rings. The Labute approximate surface area is 73.4 Å². The first-order valence-electron chi connectivity index (χ1n) is 4.32. The summed E-state index contributed by atoms with van der Waals surface area (Å²) in [4.78, 5) is 10.7. The predicted octanol–water partition coefficient (Wildman–Crippen LogP) is 1.50. The van der Waals surface area contributed by atoms with Crippen LogP contribution in [0.15, 0.2) is 0 Å². The van der Waals surface area contributed by atoms with E-state index >= 15 is 0 Å². The number of hydrogen-bond acceptors (Lipinski definition) is 2. The molecule has 0 saturated carbocycles. The van der Waals surface area contributed by atoms with E-state index in [0.29, 0.717) is 0 Å². The van der Waals surface area contributed by atoms with Crippen molar-refractivity contribution in [3.8, 4) is 0 Å². The Kier molecular flexibility index (Phi) is 3.71. The molecule has 2 atom stereocenters. The molecule has 0 spiro atoms. The van der Waals surface area contributed by atoms with Crippen LogP contribution in [0.25, 0.3) is 0 Å². The summed E-state index contributed by atoms with van der Waals surface area (Å²) >= 11 is 0. The summed E-state index contributed by atoms with van der Waals surface area (Å²) in [6.45, 7) is 7.28. The molecule has 0 aliphatic carbocycles. The number of rotatable bonds is 4. The van der Waals surface area contributed by atoms with Crippen molar-refractivity contribution in [2.24, 2.45) is 11.8 Å². The maximum Gasteiger partial charge on any atom is 0.335 e. The van der Waals surface area contributed by atoms with Crippen LogP contribution in [0.2, 0.25) is 0 Å². The van der Waals surface area contributed by atoms with Crippen LogP contribution in [-0.2, 0) is 4.79 Å². The molecule has 3 nitrogen and oxygen atoms in total. The summed E-state index contributed by atoms with van der Waals surface area (Å²) in [6, 6.07) is 0. The molecule has 0 aromatic rings. The third-order valence-corrected chi connectivity index (χ3v) is 2.66. The second kappa shape index (κ2) is 3.90. The zero-order chi connectivity index (χ0) is 9.94. The Morgan fingerprint density at radius 3 is 1.92 bits per heavy atom. The van der Waals surface area contributed by atoms with Gasteiger partial charge in [0.2, 0.25) is 0 Å². The smallest absolute Gasteiger partial charge is 0.335 e. The van der Waals surface area contributed by atoms with E-state index in [4.69, 9.17) is 5.11 Å². The first-order chi connectivity index (χ1) is 5.36. The number of carboxylic acids is 1. The molecule has 0 amide bonds. The highest BCUT2D eigenvalue weighted by atomic mass is 16.4. The van der Waals surface area contributed by atoms with Crippen LogP contribution in [0.5, 0.6) is 0 Å². The number of aliphatic carboxylic acids is 1. The number of aliphatic hydroxyl groups is 1. The van der Waals surface area contributed by atoms with Crippen LogP contribution in [0.1, 0.15) is 34.1 Å². The van der Waals surface area contributed by atoms with Gasteiger partial charge in [-0.05, 0) is 18.3 Å². The van der Waals surface area contributed by atoms with Crippen molar-refractivity contribution in [3.63, 3.8) is 0 Å². The van der Waals surface area contributed by atoms with Gasteiger partial charge in [-0.3, -0.25) is 0 Å². The molecule has 12 heavy (non-hydrogen) atoms. The second-order valence-electron chi connectivity index (χ2n) is 3.62. The van der Waals surface area contributed by atoms with Crippen molar-refractivity contribution in [1.82, 2.24) is 0 Å². The van der Waals surface area contributed by atoms with E-state index in [1.165, 1.54) is 0 Å². The van der Waals surface area contributed by atoms with Crippen LogP contribution < -0.4 is 0 Å². The Hall–Kier alpha value is -0.570. The van der Waals surface area contributed by atoms with Gasteiger partial charge in [-0.25, -0.2) is 4.79 Å². The van der Waals surface area contributed by atoms with Crippen LogP contribution in [0.4, 0.5) is 0 Å². The predicted molar refractivity (Wildman–Crippen MR) is 46.9 cm³/mol. The average Bonchev–Trinajstić information content (AvgIpc) is 2.01. The Morgan fingerprint density at radius 2 is 1.83 bits per heavy atom. The minimum atomic E-state index is -1.56.